The number of nitrogens with one attached hydrogen (secondary N) is 1. The van der Waals surface area contributed by atoms with E-state index in [1.807, 2.05) is 17.5 Å². The predicted octanol–water partition coefficient (Wildman–Crippen LogP) is 3.06. The Morgan fingerprint density at radius 3 is 3.16 bits per heavy atom. The lowest BCUT2D eigenvalue weighted by molar-refractivity contribution is 0.163. The molecule has 1 aliphatic rings. The van der Waals surface area contributed by atoms with Gasteiger partial charge in [0.2, 0.25) is 0 Å². The van der Waals surface area contributed by atoms with Gasteiger partial charge in [-0.15, -0.1) is 11.3 Å². The van der Waals surface area contributed by atoms with E-state index in [9.17, 15) is 0 Å². The summed E-state index contributed by atoms with van der Waals surface area (Å²) < 4.78 is 0. The van der Waals surface area contributed by atoms with Gasteiger partial charge in [-0.05, 0) is 39.3 Å². The molecule has 0 aromatic carbocycles. The fraction of sp³-hybridized carbons (Fsp3) is 0.800. The zero-order chi connectivity index (χ0) is 13.5. The van der Waals surface area contributed by atoms with Gasteiger partial charge in [-0.3, -0.25) is 0 Å². The highest BCUT2D eigenvalue weighted by Gasteiger charge is 2.17. The molecular formula is C15H27N3S. The van der Waals surface area contributed by atoms with E-state index in [0.717, 1.165) is 25.6 Å². The molecule has 1 N–H and O–H groups in total. The summed E-state index contributed by atoms with van der Waals surface area (Å²) in [5, 5.41) is 4.73. The van der Waals surface area contributed by atoms with E-state index in [1.165, 1.54) is 48.7 Å². The van der Waals surface area contributed by atoms with Crippen LogP contribution in [0.5, 0.6) is 0 Å². The second-order valence-corrected chi connectivity index (χ2v) is 6.73. The predicted molar refractivity (Wildman–Crippen MR) is 82.7 cm³/mol. The number of aromatic nitrogens is 1. The summed E-state index contributed by atoms with van der Waals surface area (Å²) in [6.07, 6.45) is 8.49. The van der Waals surface area contributed by atoms with Crippen molar-refractivity contribution in [3.63, 3.8) is 0 Å². The number of hydrogen-bond acceptors (Lipinski definition) is 4. The number of rotatable bonds is 7. The quantitative estimate of drug-likeness (QED) is 0.779. The Morgan fingerprint density at radius 2 is 2.37 bits per heavy atom. The van der Waals surface area contributed by atoms with E-state index in [1.54, 1.807) is 0 Å². The third-order valence-electron chi connectivity index (χ3n) is 3.88. The first kappa shape index (κ1) is 14.9. The van der Waals surface area contributed by atoms with Crippen LogP contribution in [0.1, 0.15) is 49.4 Å². The molecular weight excluding hydrogens is 254 g/mol. The van der Waals surface area contributed by atoms with E-state index < -0.39 is 0 Å². The van der Waals surface area contributed by atoms with E-state index in [-0.39, 0.29) is 0 Å². The number of nitrogens with zero attached hydrogens (tertiary/aromatic N) is 2. The molecule has 1 aliphatic heterocycles. The van der Waals surface area contributed by atoms with E-state index >= 15 is 0 Å². The first-order valence-corrected chi connectivity index (χ1v) is 8.49. The zero-order valence-corrected chi connectivity index (χ0v) is 13.1. The first-order chi connectivity index (χ1) is 9.29. The van der Waals surface area contributed by atoms with Crippen molar-refractivity contribution in [2.75, 3.05) is 19.6 Å². The van der Waals surface area contributed by atoms with Gasteiger partial charge < -0.3 is 10.2 Å². The molecule has 2 heterocycles. The lowest BCUT2D eigenvalue weighted by atomic mass is 10.0. The Morgan fingerprint density at radius 1 is 1.47 bits per heavy atom. The van der Waals surface area contributed by atoms with Crippen LogP contribution in [0.3, 0.4) is 0 Å². The molecule has 0 spiro atoms. The van der Waals surface area contributed by atoms with Gasteiger partial charge in [0.25, 0.3) is 0 Å². The maximum atomic E-state index is 4.56. The molecule has 1 fully saturated rings. The van der Waals surface area contributed by atoms with Crippen molar-refractivity contribution >= 4 is 11.3 Å². The normalized spacial score (nSPS) is 20.8. The molecule has 1 aromatic rings. The minimum absolute atomic E-state index is 0.763. The highest BCUT2D eigenvalue weighted by Crippen LogP contribution is 2.18. The molecule has 1 unspecified atom stereocenters. The zero-order valence-electron chi connectivity index (χ0n) is 12.3. The number of hydrogen-bond donors (Lipinski definition) is 1. The third kappa shape index (κ3) is 4.86. The maximum absolute atomic E-state index is 4.56. The van der Waals surface area contributed by atoms with Gasteiger partial charge in [0.1, 0.15) is 0 Å². The topological polar surface area (TPSA) is 28.2 Å². The van der Waals surface area contributed by atoms with Crippen LogP contribution in [0, 0.1) is 0 Å². The number of thiazole rings is 1. The average Bonchev–Trinajstić information content (AvgIpc) is 2.86. The van der Waals surface area contributed by atoms with Crippen molar-refractivity contribution in [1.82, 2.24) is 15.2 Å². The summed E-state index contributed by atoms with van der Waals surface area (Å²) in [5.74, 6) is 0. The number of likely N-dealkylation sites (tertiary alicyclic amines) is 1. The third-order valence-corrected chi connectivity index (χ3v) is 4.94. The van der Waals surface area contributed by atoms with Crippen LogP contribution in [0.2, 0.25) is 0 Å². The van der Waals surface area contributed by atoms with Crippen LogP contribution in [-0.4, -0.2) is 35.6 Å². The standard InChI is InChI=1S/C15H27N3S/c1-3-8-16-11-14-12-17-15(19-14)7-10-18-9-5-4-6-13(18)2/h12-13,16H,3-11H2,1-2H3. The SMILES string of the molecule is CCCNCc1cnc(CCN2CCCCC2C)s1. The molecule has 108 valence electrons. The Labute approximate surface area is 121 Å². The summed E-state index contributed by atoms with van der Waals surface area (Å²) in [4.78, 5) is 8.55. The van der Waals surface area contributed by atoms with Gasteiger partial charge in [-0.25, -0.2) is 4.98 Å². The van der Waals surface area contributed by atoms with Gasteiger partial charge in [-0.2, -0.15) is 0 Å². The smallest absolute Gasteiger partial charge is 0.0940 e. The van der Waals surface area contributed by atoms with Gasteiger partial charge in [0, 0.05) is 36.6 Å². The minimum atomic E-state index is 0.763. The summed E-state index contributed by atoms with van der Waals surface area (Å²) in [6.45, 7) is 9.09. The van der Waals surface area contributed by atoms with Crippen molar-refractivity contribution < 1.29 is 0 Å². The Balaban J connectivity index is 1.73. The van der Waals surface area contributed by atoms with Crippen LogP contribution < -0.4 is 5.32 Å². The van der Waals surface area contributed by atoms with E-state index in [2.05, 4.69) is 29.0 Å². The molecule has 0 saturated carbocycles. The van der Waals surface area contributed by atoms with E-state index in [0.29, 0.717) is 0 Å². The van der Waals surface area contributed by atoms with Crippen molar-refractivity contribution in [2.45, 2.75) is 58.5 Å². The summed E-state index contributed by atoms with van der Waals surface area (Å²) in [6, 6.07) is 0.763. The van der Waals surface area contributed by atoms with Crippen LogP contribution in [0.25, 0.3) is 0 Å². The monoisotopic (exact) mass is 281 g/mol. The highest BCUT2D eigenvalue weighted by atomic mass is 32.1. The lowest BCUT2D eigenvalue weighted by Crippen LogP contribution is -2.38. The second kappa shape index (κ2) is 7.98. The van der Waals surface area contributed by atoms with Crippen molar-refractivity contribution in [1.29, 1.82) is 0 Å². The second-order valence-electron chi connectivity index (χ2n) is 5.53. The van der Waals surface area contributed by atoms with Crippen LogP contribution in [-0.2, 0) is 13.0 Å². The molecule has 2 rings (SSSR count). The van der Waals surface area contributed by atoms with Crippen molar-refractivity contribution in [3.8, 4) is 0 Å². The van der Waals surface area contributed by atoms with Crippen LogP contribution >= 0.6 is 11.3 Å². The molecule has 19 heavy (non-hydrogen) atoms. The fourth-order valence-electron chi connectivity index (χ4n) is 2.66. The van der Waals surface area contributed by atoms with Gasteiger partial charge in [-0.1, -0.05) is 13.3 Å². The summed E-state index contributed by atoms with van der Waals surface area (Å²) in [7, 11) is 0. The molecule has 0 bridgehead atoms. The Bertz CT molecular complexity index is 364. The molecule has 1 aromatic heterocycles. The fourth-order valence-corrected chi connectivity index (χ4v) is 3.54. The molecule has 0 radical (unpaired) electrons. The molecule has 4 heteroatoms. The lowest BCUT2D eigenvalue weighted by Gasteiger charge is -2.32. The van der Waals surface area contributed by atoms with Gasteiger partial charge in [0.05, 0.1) is 5.01 Å². The Kier molecular flexibility index (Phi) is 6.28. The average molecular weight is 281 g/mol. The molecule has 0 amide bonds. The molecule has 1 atom stereocenters. The van der Waals surface area contributed by atoms with Crippen molar-refractivity contribution in [2.24, 2.45) is 0 Å². The van der Waals surface area contributed by atoms with Crippen LogP contribution in [0.15, 0.2) is 6.20 Å². The van der Waals surface area contributed by atoms with E-state index in [4.69, 9.17) is 0 Å². The molecule has 0 aliphatic carbocycles. The summed E-state index contributed by atoms with van der Waals surface area (Å²) >= 11 is 1.87. The van der Waals surface area contributed by atoms with Crippen molar-refractivity contribution in [3.05, 3.63) is 16.1 Å². The highest BCUT2D eigenvalue weighted by molar-refractivity contribution is 7.11. The molecule has 3 nitrogen and oxygen atoms in total. The van der Waals surface area contributed by atoms with Gasteiger partial charge >= 0.3 is 0 Å². The largest absolute Gasteiger partial charge is 0.312 e. The minimum Gasteiger partial charge on any atom is -0.312 e. The molecule has 1 saturated heterocycles. The van der Waals surface area contributed by atoms with Gasteiger partial charge in [0.15, 0.2) is 0 Å². The number of piperidine rings is 1. The summed E-state index contributed by atoms with van der Waals surface area (Å²) in [5.41, 5.74) is 0. The first-order valence-electron chi connectivity index (χ1n) is 7.68. The van der Waals surface area contributed by atoms with Crippen LogP contribution in [0.4, 0.5) is 0 Å². The Hall–Kier alpha value is -0.450. The maximum Gasteiger partial charge on any atom is 0.0940 e.